The summed E-state index contributed by atoms with van der Waals surface area (Å²) in [6, 6.07) is 12.8. The van der Waals surface area contributed by atoms with Crippen LogP contribution in [-0.4, -0.2) is 47.5 Å². The van der Waals surface area contributed by atoms with Gasteiger partial charge in [0.2, 0.25) is 0 Å². The van der Waals surface area contributed by atoms with Gasteiger partial charge in [-0.3, -0.25) is 14.8 Å². The van der Waals surface area contributed by atoms with E-state index in [0.717, 1.165) is 43.9 Å². The van der Waals surface area contributed by atoms with Gasteiger partial charge in [-0.05, 0) is 24.6 Å². The lowest BCUT2D eigenvalue weighted by molar-refractivity contribution is 0.138. The molecule has 108 valence electrons. The Labute approximate surface area is 125 Å². The SMILES string of the molecule is Cc1cc(CN2CCN(CC#N)CC2)c2ccccc2n1. The van der Waals surface area contributed by atoms with Crippen LogP contribution in [0.25, 0.3) is 10.9 Å². The van der Waals surface area contributed by atoms with Gasteiger partial charge in [0.05, 0.1) is 18.1 Å². The van der Waals surface area contributed by atoms with Crippen LogP contribution in [0.15, 0.2) is 30.3 Å². The molecular formula is C17H20N4. The highest BCUT2D eigenvalue weighted by atomic mass is 15.3. The van der Waals surface area contributed by atoms with E-state index in [0.29, 0.717) is 6.54 Å². The normalized spacial score (nSPS) is 17.0. The standard InChI is InChI=1S/C17H20N4/c1-14-12-15(16-4-2-3-5-17(16)19-14)13-21-10-8-20(7-6-18)9-11-21/h2-5,12H,7-11,13H2,1H3. The van der Waals surface area contributed by atoms with Gasteiger partial charge in [-0.25, -0.2) is 0 Å². The topological polar surface area (TPSA) is 43.2 Å². The second kappa shape index (κ2) is 6.21. The van der Waals surface area contributed by atoms with Gasteiger partial charge in [0, 0.05) is 43.8 Å². The Morgan fingerprint density at radius 1 is 1.14 bits per heavy atom. The third-order valence-electron chi connectivity index (χ3n) is 4.08. The number of hydrogen-bond acceptors (Lipinski definition) is 4. The van der Waals surface area contributed by atoms with Gasteiger partial charge in [-0.15, -0.1) is 0 Å². The molecule has 1 aromatic carbocycles. The Hall–Kier alpha value is -1.96. The maximum absolute atomic E-state index is 8.76. The average molecular weight is 280 g/mol. The molecule has 0 aliphatic carbocycles. The van der Waals surface area contributed by atoms with E-state index in [9.17, 15) is 0 Å². The zero-order valence-corrected chi connectivity index (χ0v) is 12.4. The molecule has 0 spiro atoms. The maximum Gasteiger partial charge on any atom is 0.0866 e. The predicted octanol–water partition coefficient (Wildman–Crippen LogP) is 2.18. The first kappa shape index (κ1) is 14.0. The van der Waals surface area contributed by atoms with Crippen molar-refractivity contribution < 1.29 is 0 Å². The highest BCUT2D eigenvalue weighted by molar-refractivity contribution is 5.82. The van der Waals surface area contributed by atoms with E-state index in [4.69, 9.17) is 5.26 Å². The summed E-state index contributed by atoms with van der Waals surface area (Å²) in [4.78, 5) is 9.29. The van der Waals surface area contributed by atoms with E-state index in [1.807, 2.05) is 6.07 Å². The molecule has 1 aliphatic rings. The number of benzene rings is 1. The second-order valence-electron chi connectivity index (χ2n) is 5.65. The third-order valence-corrected chi connectivity index (χ3v) is 4.08. The minimum atomic E-state index is 0.547. The Morgan fingerprint density at radius 3 is 2.62 bits per heavy atom. The summed E-state index contributed by atoms with van der Waals surface area (Å²) in [7, 11) is 0. The molecular weight excluding hydrogens is 260 g/mol. The van der Waals surface area contributed by atoms with Crippen molar-refractivity contribution in [3.63, 3.8) is 0 Å². The van der Waals surface area contributed by atoms with Gasteiger partial charge in [-0.1, -0.05) is 18.2 Å². The summed E-state index contributed by atoms with van der Waals surface area (Å²) >= 11 is 0. The van der Waals surface area contributed by atoms with E-state index in [1.54, 1.807) is 0 Å². The number of fused-ring (bicyclic) bond motifs is 1. The molecule has 2 heterocycles. The van der Waals surface area contributed by atoms with Crippen LogP contribution in [0.4, 0.5) is 0 Å². The molecule has 0 amide bonds. The van der Waals surface area contributed by atoms with E-state index >= 15 is 0 Å². The first-order valence-corrected chi connectivity index (χ1v) is 7.43. The Kier molecular flexibility index (Phi) is 4.14. The number of aromatic nitrogens is 1. The molecule has 0 N–H and O–H groups in total. The summed E-state index contributed by atoms with van der Waals surface area (Å²) in [6.45, 7) is 7.58. The van der Waals surface area contributed by atoms with Gasteiger partial charge >= 0.3 is 0 Å². The van der Waals surface area contributed by atoms with Crippen molar-refractivity contribution in [1.82, 2.24) is 14.8 Å². The first-order chi connectivity index (χ1) is 10.3. The van der Waals surface area contributed by atoms with Gasteiger partial charge in [-0.2, -0.15) is 5.26 Å². The fraction of sp³-hybridized carbons (Fsp3) is 0.412. The molecule has 0 bridgehead atoms. The molecule has 1 fully saturated rings. The maximum atomic E-state index is 8.76. The number of hydrogen-bond donors (Lipinski definition) is 0. The molecule has 2 aromatic rings. The summed E-state index contributed by atoms with van der Waals surface area (Å²) < 4.78 is 0. The lowest BCUT2D eigenvalue weighted by atomic mass is 10.1. The number of nitrogens with zero attached hydrogens (tertiary/aromatic N) is 4. The van der Waals surface area contributed by atoms with Crippen LogP contribution < -0.4 is 0 Å². The zero-order chi connectivity index (χ0) is 14.7. The minimum Gasteiger partial charge on any atom is -0.297 e. The molecule has 1 saturated heterocycles. The van der Waals surface area contributed by atoms with Crippen LogP contribution in [0.2, 0.25) is 0 Å². The van der Waals surface area contributed by atoms with Gasteiger partial charge in [0.1, 0.15) is 0 Å². The molecule has 1 aliphatic heterocycles. The van der Waals surface area contributed by atoms with Crippen molar-refractivity contribution in [3.05, 3.63) is 41.6 Å². The number of piperazine rings is 1. The van der Waals surface area contributed by atoms with E-state index in [2.05, 4.69) is 52.0 Å². The number of pyridine rings is 1. The molecule has 0 atom stereocenters. The van der Waals surface area contributed by atoms with E-state index in [1.165, 1.54) is 10.9 Å². The summed E-state index contributed by atoms with van der Waals surface area (Å²) in [5.41, 5.74) is 3.51. The monoisotopic (exact) mass is 280 g/mol. The van der Waals surface area contributed by atoms with Crippen molar-refractivity contribution in [2.45, 2.75) is 13.5 Å². The quantitative estimate of drug-likeness (QED) is 0.808. The van der Waals surface area contributed by atoms with E-state index < -0.39 is 0 Å². The minimum absolute atomic E-state index is 0.547. The van der Waals surface area contributed by atoms with Gasteiger partial charge in [0.25, 0.3) is 0 Å². The molecule has 21 heavy (non-hydrogen) atoms. The highest BCUT2D eigenvalue weighted by Gasteiger charge is 2.17. The summed E-state index contributed by atoms with van der Waals surface area (Å²) in [5.74, 6) is 0. The van der Waals surface area contributed by atoms with Crippen molar-refractivity contribution in [3.8, 4) is 6.07 Å². The van der Waals surface area contributed by atoms with E-state index in [-0.39, 0.29) is 0 Å². The molecule has 0 saturated carbocycles. The van der Waals surface area contributed by atoms with Crippen molar-refractivity contribution in [1.29, 1.82) is 5.26 Å². The Morgan fingerprint density at radius 2 is 1.86 bits per heavy atom. The number of para-hydroxylation sites is 1. The predicted molar refractivity (Wildman–Crippen MR) is 83.8 cm³/mol. The van der Waals surface area contributed by atoms with Crippen LogP contribution in [0.1, 0.15) is 11.3 Å². The molecule has 1 aromatic heterocycles. The Bertz CT molecular complexity index is 666. The lowest BCUT2D eigenvalue weighted by Crippen LogP contribution is -2.45. The summed E-state index contributed by atoms with van der Waals surface area (Å²) in [5, 5.41) is 10.0. The first-order valence-electron chi connectivity index (χ1n) is 7.43. The fourth-order valence-corrected chi connectivity index (χ4v) is 2.97. The van der Waals surface area contributed by atoms with Crippen molar-refractivity contribution in [2.75, 3.05) is 32.7 Å². The van der Waals surface area contributed by atoms with Crippen LogP contribution in [0.3, 0.4) is 0 Å². The third kappa shape index (κ3) is 3.21. The summed E-state index contributed by atoms with van der Waals surface area (Å²) in [6.07, 6.45) is 0. The van der Waals surface area contributed by atoms with Crippen molar-refractivity contribution >= 4 is 10.9 Å². The average Bonchev–Trinajstić information content (AvgIpc) is 2.49. The zero-order valence-electron chi connectivity index (χ0n) is 12.4. The van der Waals surface area contributed by atoms with Crippen molar-refractivity contribution in [2.24, 2.45) is 0 Å². The second-order valence-corrected chi connectivity index (χ2v) is 5.65. The van der Waals surface area contributed by atoms with Crippen LogP contribution in [0.5, 0.6) is 0 Å². The van der Waals surface area contributed by atoms with Crippen LogP contribution >= 0.6 is 0 Å². The molecule has 0 unspecified atom stereocenters. The number of aryl methyl sites for hydroxylation is 1. The smallest absolute Gasteiger partial charge is 0.0866 e. The number of nitriles is 1. The molecule has 0 radical (unpaired) electrons. The highest BCUT2D eigenvalue weighted by Crippen LogP contribution is 2.20. The van der Waals surface area contributed by atoms with Gasteiger partial charge < -0.3 is 0 Å². The lowest BCUT2D eigenvalue weighted by Gasteiger charge is -2.33. The molecule has 4 nitrogen and oxygen atoms in total. The Balaban J connectivity index is 1.75. The van der Waals surface area contributed by atoms with Crippen LogP contribution in [-0.2, 0) is 6.54 Å². The number of rotatable bonds is 3. The largest absolute Gasteiger partial charge is 0.297 e. The van der Waals surface area contributed by atoms with Crippen LogP contribution in [0, 0.1) is 18.3 Å². The van der Waals surface area contributed by atoms with Gasteiger partial charge in [0.15, 0.2) is 0 Å². The molecule has 4 heteroatoms. The fourth-order valence-electron chi connectivity index (χ4n) is 2.97. The molecule has 3 rings (SSSR count).